The van der Waals surface area contributed by atoms with Gasteiger partial charge >= 0.3 is 0 Å². The summed E-state index contributed by atoms with van der Waals surface area (Å²) in [7, 11) is 1.59. The van der Waals surface area contributed by atoms with E-state index < -0.39 is 11.4 Å². The van der Waals surface area contributed by atoms with Crippen molar-refractivity contribution >= 4 is 28.9 Å². The van der Waals surface area contributed by atoms with Crippen molar-refractivity contribution in [3.05, 3.63) is 82.4 Å². The molecule has 9 heteroatoms. The number of benzene rings is 3. The Morgan fingerprint density at radius 3 is 2.45 bits per heavy atom. The monoisotopic (exact) mass is 541 g/mol. The number of halogens is 3. The number of carbonyl (C=O) groups is 1. The van der Waals surface area contributed by atoms with Crippen molar-refractivity contribution in [2.75, 3.05) is 36.6 Å². The summed E-state index contributed by atoms with van der Waals surface area (Å²) in [6, 6.07) is 14.7. The molecule has 0 aromatic heterocycles. The van der Waals surface area contributed by atoms with Gasteiger partial charge in [0.25, 0.3) is 0 Å². The van der Waals surface area contributed by atoms with Crippen molar-refractivity contribution in [3.63, 3.8) is 0 Å². The predicted octanol–water partition coefficient (Wildman–Crippen LogP) is 5.48. The SMILES string of the molecule is COc1ccc(CN2C(=O)CCc3c(OCC4(N)CCN(c5ccc(F)cc5Cl)CC4)ccc(F)c32)cc1. The number of anilines is 2. The van der Waals surface area contributed by atoms with Crippen molar-refractivity contribution < 1.29 is 23.0 Å². The second kappa shape index (κ2) is 10.8. The summed E-state index contributed by atoms with van der Waals surface area (Å²) in [5.74, 6) is 0.294. The average molecular weight is 542 g/mol. The zero-order valence-electron chi connectivity index (χ0n) is 21.2. The Kier molecular flexibility index (Phi) is 7.45. The van der Waals surface area contributed by atoms with Crippen LogP contribution in [0.1, 0.15) is 30.4 Å². The van der Waals surface area contributed by atoms with Crippen LogP contribution in [0.2, 0.25) is 5.02 Å². The van der Waals surface area contributed by atoms with Crippen LogP contribution in [0.4, 0.5) is 20.2 Å². The van der Waals surface area contributed by atoms with Gasteiger partial charge in [0.15, 0.2) is 0 Å². The molecule has 0 radical (unpaired) electrons. The molecule has 1 amide bonds. The highest BCUT2D eigenvalue weighted by Gasteiger charge is 2.34. The number of amides is 1. The highest BCUT2D eigenvalue weighted by molar-refractivity contribution is 6.33. The minimum absolute atomic E-state index is 0.133. The smallest absolute Gasteiger partial charge is 0.227 e. The summed E-state index contributed by atoms with van der Waals surface area (Å²) < 4.78 is 39.9. The summed E-state index contributed by atoms with van der Waals surface area (Å²) >= 11 is 6.24. The fourth-order valence-electron chi connectivity index (χ4n) is 5.13. The van der Waals surface area contributed by atoms with E-state index in [1.54, 1.807) is 19.2 Å². The van der Waals surface area contributed by atoms with Gasteiger partial charge in [-0.25, -0.2) is 8.78 Å². The van der Waals surface area contributed by atoms with Gasteiger partial charge in [0, 0.05) is 25.1 Å². The summed E-state index contributed by atoms with van der Waals surface area (Å²) in [6.45, 7) is 1.80. The number of rotatable bonds is 7. The van der Waals surface area contributed by atoms with Gasteiger partial charge in [0.1, 0.15) is 29.7 Å². The average Bonchev–Trinajstić information content (AvgIpc) is 2.91. The lowest BCUT2D eigenvalue weighted by molar-refractivity contribution is -0.119. The first-order chi connectivity index (χ1) is 18.3. The van der Waals surface area contributed by atoms with E-state index in [0.29, 0.717) is 54.4 Å². The van der Waals surface area contributed by atoms with Crippen LogP contribution in [0.3, 0.4) is 0 Å². The van der Waals surface area contributed by atoms with Gasteiger partial charge in [-0.3, -0.25) is 4.79 Å². The second-order valence-corrected chi connectivity index (χ2v) is 10.3. The van der Waals surface area contributed by atoms with Gasteiger partial charge < -0.3 is 25.0 Å². The maximum atomic E-state index is 15.1. The van der Waals surface area contributed by atoms with Crippen molar-refractivity contribution in [2.24, 2.45) is 5.73 Å². The van der Waals surface area contributed by atoms with E-state index in [2.05, 4.69) is 4.90 Å². The molecular weight excluding hydrogens is 512 g/mol. The summed E-state index contributed by atoms with van der Waals surface area (Å²) in [6.07, 6.45) is 1.96. The first-order valence-corrected chi connectivity index (χ1v) is 13.0. The molecule has 0 spiro atoms. The summed E-state index contributed by atoms with van der Waals surface area (Å²) in [4.78, 5) is 16.4. The zero-order chi connectivity index (χ0) is 26.9. The minimum atomic E-state index is -0.586. The van der Waals surface area contributed by atoms with Crippen LogP contribution >= 0.6 is 11.6 Å². The third-order valence-corrected chi connectivity index (χ3v) is 7.68. The van der Waals surface area contributed by atoms with Gasteiger partial charge in [-0.1, -0.05) is 23.7 Å². The molecule has 3 aromatic carbocycles. The molecule has 5 rings (SSSR count). The molecule has 1 saturated heterocycles. The van der Waals surface area contributed by atoms with Crippen LogP contribution in [0.5, 0.6) is 11.5 Å². The van der Waals surface area contributed by atoms with E-state index in [-0.39, 0.29) is 37.0 Å². The van der Waals surface area contributed by atoms with Crippen LogP contribution < -0.4 is 25.0 Å². The first kappa shape index (κ1) is 26.3. The molecule has 0 aliphatic carbocycles. The molecule has 1 fully saturated rings. The Morgan fingerprint density at radius 2 is 1.76 bits per heavy atom. The Labute approximate surface area is 225 Å². The van der Waals surface area contributed by atoms with Gasteiger partial charge in [-0.15, -0.1) is 0 Å². The molecule has 0 unspecified atom stereocenters. The molecule has 0 atom stereocenters. The fourth-order valence-corrected chi connectivity index (χ4v) is 5.41. The van der Waals surface area contributed by atoms with Crippen LogP contribution in [-0.2, 0) is 17.8 Å². The molecule has 0 bridgehead atoms. The van der Waals surface area contributed by atoms with E-state index >= 15 is 4.39 Å². The van der Waals surface area contributed by atoms with Crippen molar-refractivity contribution in [1.82, 2.24) is 0 Å². The van der Waals surface area contributed by atoms with Gasteiger partial charge in [-0.2, -0.15) is 0 Å². The summed E-state index contributed by atoms with van der Waals surface area (Å²) in [5, 5.41) is 0.373. The van der Waals surface area contributed by atoms with E-state index in [1.807, 2.05) is 24.3 Å². The number of ether oxygens (including phenoxy) is 2. The van der Waals surface area contributed by atoms with Crippen LogP contribution in [0.25, 0.3) is 0 Å². The quantitative estimate of drug-likeness (QED) is 0.429. The molecule has 2 heterocycles. The van der Waals surface area contributed by atoms with Gasteiger partial charge in [0.05, 0.1) is 35.6 Å². The number of piperidine rings is 1. The topological polar surface area (TPSA) is 68.0 Å². The first-order valence-electron chi connectivity index (χ1n) is 12.6. The largest absolute Gasteiger partial charge is 0.497 e. The number of hydrogen-bond donors (Lipinski definition) is 1. The lowest BCUT2D eigenvalue weighted by atomic mass is 9.89. The Bertz CT molecular complexity index is 1330. The third kappa shape index (κ3) is 5.42. The van der Waals surface area contributed by atoms with Crippen LogP contribution in [0.15, 0.2) is 54.6 Å². The molecule has 0 saturated carbocycles. The molecule has 200 valence electrons. The number of carbonyl (C=O) groups excluding carboxylic acids is 1. The van der Waals surface area contributed by atoms with Crippen molar-refractivity contribution in [2.45, 2.75) is 37.8 Å². The van der Waals surface area contributed by atoms with E-state index in [9.17, 15) is 9.18 Å². The second-order valence-electron chi connectivity index (χ2n) is 9.93. The van der Waals surface area contributed by atoms with Gasteiger partial charge in [0.2, 0.25) is 5.91 Å². The number of methoxy groups -OCH3 is 1. The molecule has 2 aliphatic rings. The van der Waals surface area contributed by atoms with Gasteiger partial charge in [-0.05, 0) is 67.3 Å². The Morgan fingerprint density at radius 1 is 1.03 bits per heavy atom. The maximum Gasteiger partial charge on any atom is 0.227 e. The molecular formula is C29H30ClF2N3O3. The predicted molar refractivity (Wildman–Crippen MR) is 144 cm³/mol. The lowest BCUT2D eigenvalue weighted by Gasteiger charge is -2.40. The Balaban J connectivity index is 1.29. The fraction of sp³-hybridized carbons (Fsp3) is 0.345. The minimum Gasteiger partial charge on any atom is -0.497 e. The molecule has 2 aliphatic heterocycles. The standard InChI is InChI=1S/C29H30ClF2N3O3/c1-37-21-5-2-19(3-6-21)17-35-27(36)11-7-22-26(10-8-24(32)28(22)35)38-18-29(33)12-14-34(15-13-29)25-9-4-20(31)16-23(25)30/h2-6,8-10,16H,7,11-15,17-18,33H2,1H3. The highest BCUT2D eigenvalue weighted by atomic mass is 35.5. The summed E-state index contributed by atoms with van der Waals surface area (Å²) in [5.41, 5.74) is 8.70. The molecule has 3 aromatic rings. The Hall–Kier alpha value is -3.36. The number of fused-ring (bicyclic) bond motifs is 1. The number of nitrogens with zero attached hydrogens (tertiary/aromatic N) is 2. The highest BCUT2D eigenvalue weighted by Crippen LogP contribution is 2.39. The van der Waals surface area contributed by atoms with Crippen LogP contribution in [0, 0.1) is 11.6 Å². The maximum absolute atomic E-state index is 15.1. The van der Waals surface area contributed by atoms with Crippen LogP contribution in [-0.4, -0.2) is 38.3 Å². The molecule has 2 N–H and O–H groups in total. The molecule has 38 heavy (non-hydrogen) atoms. The number of nitrogens with two attached hydrogens (primary N) is 1. The van der Waals surface area contributed by atoms with Crippen molar-refractivity contribution in [1.29, 1.82) is 0 Å². The number of hydrogen-bond acceptors (Lipinski definition) is 5. The normalized spacial score (nSPS) is 16.8. The van der Waals surface area contributed by atoms with Crippen molar-refractivity contribution in [3.8, 4) is 11.5 Å². The molecule has 6 nitrogen and oxygen atoms in total. The third-order valence-electron chi connectivity index (χ3n) is 7.37. The lowest BCUT2D eigenvalue weighted by Crippen LogP contribution is -2.54. The van der Waals surface area contributed by atoms with E-state index in [1.165, 1.54) is 23.1 Å². The van der Waals surface area contributed by atoms with E-state index in [4.69, 9.17) is 26.8 Å². The zero-order valence-corrected chi connectivity index (χ0v) is 21.9. The van der Waals surface area contributed by atoms with E-state index in [0.717, 1.165) is 11.3 Å².